The zero-order valence-electron chi connectivity index (χ0n) is 11.3. The normalized spacial score (nSPS) is 15.2. The van der Waals surface area contributed by atoms with Gasteiger partial charge < -0.3 is 4.90 Å². The van der Waals surface area contributed by atoms with E-state index in [9.17, 15) is 8.42 Å². The van der Waals surface area contributed by atoms with Gasteiger partial charge in [0, 0.05) is 11.9 Å². The smallest absolute Gasteiger partial charge is 0.220 e. The van der Waals surface area contributed by atoms with Crippen molar-refractivity contribution in [1.82, 2.24) is 0 Å². The first-order valence-corrected chi connectivity index (χ1v) is 7.81. The second kappa shape index (κ2) is 5.03. The third kappa shape index (κ3) is 2.03. The van der Waals surface area contributed by atoms with Gasteiger partial charge in [-0.15, -0.1) is 0 Å². The van der Waals surface area contributed by atoms with Crippen molar-refractivity contribution < 1.29 is 8.42 Å². The van der Waals surface area contributed by atoms with Crippen LogP contribution in [0.4, 0.5) is 11.4 Å². The third-order valence-corrected chi connectivity index (χ3v) is 5.01. The highest BCUT2D eigenvalue weighted by molar-refractivity contribution is 7.95. The number of benzene rings is 2. The highest BCUT2D eigenvalue weighted by Crippen LogP contribution is 2.39. The predicted octanol–water partition coefficient (Wildman–Crippen LogP) is 2.85. The number of hydrogen-bond acceptors (Lipinski definition) is 5. The molecule has 0 fully saturated rings. The summed E-state index contributed by atoms with van der Waals surface area (Å²) in [5, 5.41) is 18.1. The van der Waals surface area contributed by atoms with Gasteiger partial charge in [-0.1, -0.05) is 18.2 Å². The molecular formula is C16H9N3O2S. The summed E-state index contributed by atoms with van der Waals surface area (Å²) in [6, 6.07) is 17.0. The number of para-hydroxylation sites is 1. The average molecular weight is 307 g/mol. The molecule has 0 bridgehead atoms. The van der Waals surface area contributed by atoms with E-state index in [1.54, 1.807) is 53.4 Å². The lowest BCUT2D eigenvalue weighted by atomic mass is 10.2. The number of sulfone groups is 1. The number of fused-ring (bicyclic) bond motifs is 1. The van der Waals surface area contributed by atoms with Crippen LogP contribution in [0.2, 0.25) is 0 Å². The number of anilines is 2. The summed E-state index contributed by atoms with van der Waals surface area (Å²) in [7, 11) is -3.80. The second-order valence-electron chi connectivity index (χ2n) is 4.61. The Kier molecular flexibility index (Phi) is 3.17. The van der Waals surface area contributed by atoms with Gasteiger partial charge in [0.15, 0.2) is 4.91 Å². The fraction of sp³-hybridized carbons (Fsp3) is 0. The van der Waals surface area contributed by atoms with E-state index in [1.807, 2.05) is 6.07 Å². The van der Waals surface area contributed by atoms with Crippen LogP contribution in [-0.4, -0.2) is 8.42 Å². The predicted molar refractivity (Wildman–Crippen MR) is 80.6 cm³/mol. The van der Waals surface area contributed by atoms with Gasteiger partial charge in [-0.25, -0.2) is 8.42 Å². The Morgan fingerprint density at radius 2 is 1.73 bits per heavy atom. The lowest BCUT2D eigenvalue weighted by Crippen LogP contribution is -2.21. The summed E-state index contributed by atoms with van der Waals surface area (Å²) < 4.78 is 24.7. The molecule has 0 saturated carbocycles. The molecule has 2 aromatic carbocycles. The first-order valence-electron chi connectivity index (χ1n) is 6.33. The molecule has 0 radical (unpaired) electrons. The Hall–Kier alpha value is -3.09. The highest BCUT2D eigenvalue weighted by atomic mass is 32.2. The van der Waals surface area contributed by atoms with Crippen LogP contribution >= 0.6 is 0 Å². The third-order valence-electron chi connectivity index (χ3n) is 3.31. The van der Waals surface area contributed by atoms with Crippen molar-refractivity contribution in [2.45, 2.75) is 4.90 Å². The summed E-state index contributed by atoms with van der Waals surface area (Å²) >= 11 is 0. The van der Waals surface area contributed by atoms with E-state index >= 15 is 0 Å². The zero-order valence-corrected chi connectivity index (χ0v) is 12.1. The van der Waals surface area contributed by atoms with Gasteiger partial charge in [0.2, 0.25) is 9.84 Å². The van der Waals surface area contributed by atoms with Crippen molar-refractivity contribution >= 4 is 21.2 Å². The molecule has 0 atom stereocenters. The second-order valence-corrected chi connectivity index (χ2v) is 6.49. The summed E-state index contributed by atoms with van der Waals surface area (Å²) in [6.45, 7) is 0. The quantitative estimate of drug-likeness (QED) is 0.808. The minimum Gasteiger partial charge on any atom is -0.314 e. The van der Waals surface area contributed by atoms with Gasteiger partial charge in [0.25, 0.3) is 0 Å². The maximum absolute atomic E-state index is 12.4. The largest absolute Gasteiger partial charge is 0.314 e. The minimum atomic E-state index is -3.80. The summed E-state index contributed by atoms with van der Waals surface area (Å²) in [4.78, 5) is 1.36. The molecule has 1 aliphatic heterocycles. The van der Waals surface area contributed by atoms with Crippen LogP contribution in [0.25, 0.3) is 0 Å². The van der Waals surface area contributed by atoms with E-state index in [-0.39, 0.29) is 9.80 Å². The molecule has 1 aliphatic rings. The van der Waals surface area contributed by atoms with Crippen molar-refractivity contribution in [3.63, 3.8) is 0 Å². The van der Waals surface area contributed by atoms with E-state index in [2.05, 4.69) is 0 Å². The van der Waals surface area contributed by atoms with Crippen molar-refractivity contribution in [2.24, 2.45) is 0 Å². The molecule has 22 heavy (non-hydrogen) atoms. The number of nitriles is 2. The van der Waals surface area contributed by atoms with Crippen LogP contribution < -0.4 is 4.90 Å². The number of nitrogens with zero attached hydrogens (tertiary/aromatic N) is 3. The first-order chi connectivity index (χ1) is 10.6. The van der Waals surface area contributed by atoms with Crippen LogP contribution in [0.5, 0.6) is 0 Å². The topological polar surface area (TPSA) is 85.0 Å². The summed E-state index contributed by atoms with van der Waals surface area (Å²) in [5.74, 6) is 0. The summed E-state index contributed by atoms with van der Waals surface area (Å²) in [6.07, 6.45) is 1.29. The molecule has 0 amide bonds. The highest BCUT2D eigenvalue weighted by Gasteiger charge is 2.31. The number of hydrogen-bond donors (Lipinski definition) is 0. The van der Waals surface area contributed by atoms with Gasteiger partial charge in [-0.3, -0.25) is 0 Å². The van der Waals surface area contributed by atoms with E-state index < -0.39 is 9.84 Å². The van der Waals surface area contributed by atoms with E-state index in [0.717, 1.165) is 0 Å². The lowest BCUT2D eigenvalue weighted by Gasteiger charge is -2.27. The Morgan fingerprint density at radius 3 is 2.45 bits per heavy atom. The van der Waals surface area contributed by atoms with Crippen molar-refractivity contribution in [3.05, 3.63) is 65.2 Å². The molecule has 106 valence electrons. The maximum Gasteiger partial charge on any atom is 0.220 e. The van der Waals surface area contributed by atoms with Crippen molar-refractivity contribution in [2.75, 3.05) is 4.90 Å². The Morgan fingerprint density at radius 1 is 0.955 bits per heavy atom. The standard InChI is InChI=1S/C16H9N3O2S/c17-9-12-4-3-5-13(8-12)19-11-14(10-18)22(20,21)16-7-2-1-6-15(16)19/h1-8,11H. The summed E-state index contributed by atoms with van der Waals surface area (Å²) in [5.41, 5.74) is 1.53. The molecule has 6 heteroatoms. The minimum absolute atomic E-state index is 0.0800. The molecule has 5 nitrogen and oxygen atoms in total. The zero-order chi connectivity index (χ0) is 15.7. The molecule has 0 unspecified atom stereocenters. The van der Waals surface area contributed by atoms with Crippen LogP contribution in [0.3, 0.4) is 0 Å². The Bertz CT molecular complexity index is 979. The van der Waals surface area contributed by atoms with Crippen molar-refractivity contribution in [3.8, 4) is 12.1 Å². The van der Waals surface area contributed by atoms with E-state index in [1.165, 1.54) is 12.3 Å². The molecule has 0 N–H and O–H groups in total. The van der Waals surface area contributed by atoms with Crippen LogP contribution in [0.1, 0.15) is 5.56 Å². The fourth-order valence-electron chi connectivity index (χ4n) is 2.29. The lowest BCUT2D eigenvalue weighted by molar-refractivity contribution is 0.602. The van der Waals surface area contributed by atoms with Crippen LogP contribution in [0.15, 0.2) is 64.5 Å². The molecule has 0 spiro atoms. The molecule has 1 heterocycles. The Balaban J connectivity index is 2.28. The number of allylic oxidation sites excluding steroid dienone is 1. The van der Waals surface area contributed by atoms with Crippen molar-refractivity contribution in [1.29, 1.82) is 10.5 Å². The van der Waals surface area contributed by atoms with Gasteiger partial charge in [0.1, 0.15) is 6.07 Å². The Labute approximate surface area is 127 Å². The monoisotopic (exact) mass is 307 g/mol. The average Bonchev–Trinajstić information content (AvgIpc) is 2.55. The number of rotatable bonds is 1. The first kappa shape index (κ1) is 13.9. The van der Waals surface area contributed by atoms with Gasteiger partial charge in [-0.2, -0.15) is 10.5 Å². The SMILES string of the molecule is N#CC1=CN(c2cccc(C#N)c2)c2ccccc2S1(=O)=O. The molecular weight excluding hydrogens is 298 g/mol. The maximum atomic E-state index is 12.4. The van der Waals surface area contributed by atoms with Crippen LogP contribution in [-0.2, 0) is 9.84 Å². The van der Waals surface area contributed by atoms with Gasteiger partial charge in [-0.05, 0) is 30.3 Å². The molecule has 0 aromatic heterocycles. The van der Waals surface area contributed by atoms with E-state index in [4.69, 9.17) is 10.5 Å². The van der Waals surface area contributed by atoms with Crippen LogP contribution in [0, 0.1) is 22.7 Å². The molecule has 2 aromatic rings. The van der Waals surface area contributed by atoms with E-state index in [0.29, 0.717) is 16.9 Å². The molecule has 0 aliphatic carbocycles. The molecule has 0 saturated heterocycles. The fourth-order valence-corrected chi connectivity index (χ4v) is 3.59. The van der Waals surface area contributed by atoms with Gasteiger partial charge >= 0.3 is 0 Å². The van der Waals surface area contributed by atoms with Gasteiger partial charge in [0.05, 0.1) is 22.2 Å². The molecule has 3 rings (SSSR count).